The number of nitrogens with one attached hydrogen (secondary N) is 1. The van der Waals surface area contributed by atoms with Crippen LogP contribution in [0.3, 0.4) is 0 Å². The van der Waals surface area contributed by atoms with Gasteiger partial charge >= 0.3 is 0 Å². The maximum Gasteiger partial charge on any atom is 0.240 e. The van der Waals surface area contributed by atoms with E-state index in [1.54, 1.807) is 6.92 Å². The van der Waals surface area contributed by atoms with Gasteiger partial charge < -0.3 is 5.73 Å². The van der Waals surface area contributed by atoms with Crippen LogP contribution in [-0.2, 0) is 10.0 Å². The zero-order chi connectivity index (χ0) is 14.8. The summed E-state index contributed by atoms with van der Waals surface area (Å²) in [6.07, 6.45) is 0.855. The van der Waals surface area contributed by atoms with Gasteiger partial charge in [0.1, 0.15) is 5.82 Å². The van der Waals surface area contributed by atoms with Crippen LogP contribution in [0.4, 0.5) is 10.1 Å². The van der Waals surface area contributed by atoms with Crippen LogP contribution in [0.5, 0.6) is 0 Å². The van der Waals surface area contributed by atoms with Crippen molar-refractivity contribution in [2.45, 2.75) is 45.1 Å². The van der Waals surface area contributed by atoms with Gasteiger partial charge in [0.25, 0.3) is 0 Å². The second kappa shape index (κ2) is 5.88. The van der Waals surface area contributed by atoms with Gasteiger partial charge in [-0.2, -0.15) is 0 Å². The molecule has 0 radical (unpaired) electrons. The number of anilines is 1. The Morgan fingerprint density at radius 2 is 1.95 bits per heavy atom. The average Bonchev–Trinajstić information content (AvgIpc) is 2.33. The SMILES string of the molecule is CCC(C)C(C)NS(=O)(=O)c1cc(N)c(C)c(F)c1. The first-order valence-electron chi connectivity index (χ1n) is 6.27. The predicted octanol–water partition coefficient (Wildman–Crippen LogP) is 2.43. The highest BCUT2D eigenvalue weighted by molar-refractivity contribution is 7.89. The van der Waals surface area contributed by atoms with E-state index in [-0.39, 0.29) is 28.1 Å². The Labute approximate surface area is 114 Å². The van der Waals surface area contributed by atoms with Gasteiger partial charge in [-0.15, -0.1) is 0 Å². The maximum absolute atomic E-state index is 13.6. The number of sulfonamides is 1. The van der Waals surface area contributed by atoms with Crippen LogP contribution >= 0.6 is 0 Å². The van der Waals surface area contributed by atoms with Gasteiger partial charge in [-0.05, 0) is 31.9 Å². The molecule has 0 bridgehead atoms. The summed E-state index contributed by atoms with van der Waals surface area (Å²) in [6.45, 7) is 7.24. The minimum atomic E-state index is -3.75. The third-order valence-corrected chi connectivity index (χ3v) is 5.05. The van der Waals surface area contributed by atoms with Gasteiger partial charge in [-0.3, -0.25) is 0 Å². The van der Waals surface area contributed by atoms with Gasteiger partial charge in [-0.1, -0.05) is 20.3 Å². The Kier molecular flexibility index (Phi) is 4.92. The highest BCUT2D eigenvalue weighted by Gasteiger charge is 2.22. The molecule has 1 rings (SSSR count). The Morgan fingerprint density at radius 1 is 1.37 bits per heavy atom. The predicted molar refractivity (Wildman–Crippen MR) is 74.8 cm³/mol. The van der Waals surface area contributed by atoms with Crippen molar-refractivity contribution in [1.82, 2.24) is 4.72 Å². The monoisotopic (exact) mass is 288 g/mol. The van der Waals surface area contributed by atoms with Gasteiger partial charge in [0.05, 0.1) is 4.90 Å². The van der Waals surface area contributed by atoms with E-state index in [0.717, 1.165) is 12.5 Å². The molecule has 0 saturated carbocycles. The zero-order valence-corrected chi connectivity index (χ0v) is 12.5. The van der Waals surface area contributed by atoms with Crippen LogP contribution in [0.15, 0.2) is 17.0 Å². The van der Waals surface area contributed by atoms with Crippen molar-refractivity contribution < 1.29 is 12.8 Å². The molecule has 0 aliphatic heterocycles. The Hall–Kier alpha value is -1.14. The molecule has 1 aromatic carbocycles. The van der Waals surface area contributed by atoms with Crippen molar-refractivity contribution in [2.24, 2.45) is 5.92 Å². The number of hydrogen-bond donors (Lipinski definition) is 2. The van der Waals surface area contributed by atoms with Gasteiger partial charge in [-0.25, -0.2) is 17.5 Å². The molecule has 0 fully saturated rings. The van der Waals surface area contributed by atoms with Crippen molar-refractivity contribution in [3.63, 3.8) is 0 Å². The smallest absolute Gasteiger partial charge is 0.240 e. The molecule has 3 N–H and O–H groups in total. The topological polar surface area (TPSA) is 72.2 Å². The van der Waals surface area contributed by atoms with E-state index >= 15 is 0 Å². The van der Waals surface area contributed by atoms with Gasteiger partial charge in [0.15, 0.2) is 0 Å². The molecule has 108 valence electrons. The van der Waals surface area contributed by atoms with Crippen LogP contribution < -0.4 is 10.5 Å². The number of nitrogen functional groups attached to an aromatic ring is 1. The van der Waals surface area contributed by atoms with Crippen LogP contribution in [-0.4, -0.2) is 14.5 Å². The number of benzene rings is 1. The fourth-order valence-electron chi connectivity index (χ4n) is 1.61. The fourth-order valence-corrected chi connectivity index (χ4v) is 3.01. The molecule has 0 heterocycles. The third-order valence-electron chi connectivity index (χ3n) is 3.51. The molecule has 0 aromatic heterocycles. The van der Waals surface area contributed by atoms with Crippen molar-refractivity contribution in [2.75, 3.05) is 5.73 Å². The second-order valence-corrected chi connectivity index (χ2v) is 6.63. The first-order chi connectivity index (χ1) is 8.69. The van der Waals surface area contributed by atoms with Crippen molar-refractivity contribution >= 4 is 15.7 Å². The molecule has 19 heavy (non-hydrogen) atoms. The molecular weight excluding hydrogens is 267 g/mol. The fraction of sp³-hybridized carbons (Fsp3) is 0.538. The van der Waals surface area contributed by atoms with Crippen LogP contribution in [0, 0.1) is 18.7 Å². The summed E-state index contributed by atoms with van der Waals surface area (Å²) >= 11 is 0. The van der Waals surface area contributed by atoms with Crippen molar-refractivity contribution in [3.05, 3.63) is 23.5 Å². The Bertz CT molecular complexity index is 535. The lowest BCUT2D eigenvalue weighted by Crippen LogP contribution is -2.37. The summed E-state index contributed by atoms with van der Waals surface area (Å²) < 4.78 is 40.4. The largest absolute Gasteiger partial charge is 0.398 e. The number of nitrogens with two attached hydrogens (primary N) is 1. The summed E-state index contributed by atoms with van der Waals surface area (Å²) in [5.74, 6) is -0.418. The number of hydrogen-bond acceptors (Lipinski definition) is 3. The lowest BCUT2D eigenvalue weighted by atomic mass is 10.0. The van der Waals surface area contributed by atoms with Gasteiger partial charge in [0, 0.05) is 17.3 Å². The molecule has 6 heteroatoms. The lowest BCUT2D eigenvalue weighted by Gasteiger charge is -2.20. The molecule has 4 nitrogen and oxygen atoms in total. The number of rotatable bonds is 5. The van der Waals surface area contributed by atoms with Crippen LogP contribution in [0.25, 0.3) is 0 Å². The summed E-state index contributed by atoms with van der Waals surface area (Å²) in [5, 5.41) is 0. The van der Waals surface area contributed by atoms with E-state index in [9.17, 15) is 12.8 Å². The van der Waals surface area contributed by atoms with E-state index < -0.39 is 15.8 Å². The van der Waals surface area contributed by atoms with Crippen molar-refractivity contribution in [3.8, 4) is 0 Å². The molecule has 0 aliphatic carbocycles. The zero-order valence-electron chi connectivity index (χ0n) is 11.7. The standard InChI is InChI=1S/C13H21FN2O2S/c1-5-8(2)10(4)16-19(17,18)11-6-12(14)9(3)13(15)7-11/h6-8,10,16H,5,15H2,1-4H3. The molecule has 0 saturated heterocycles. The molecule has 0 spiro atoms. The Morgan fingerprint density at radius 3 is 2.42 bits per heavy atom. The van der Waals surface area contributed by atoms with Crippen molar-refractivity contribution in [1.29, 1.82) is 0 Å². The molecule has 1 aromatic rings. The van der Waals surface area contributed by atoms with Crippen LogP contribution in [0.2, 0.25) is 0 Å². The summed E-state index contributed by atoms with van der Waals surface area (Å²) in [5.41, 5.74) is 6.00. The second-order valence-electron chi connectivity index (χ2n) is 4.91. The quantitative estimate of drug-likeness (QED) is 0.817. The summed E-state index contributed by atoms with van der Waals surface area (Å²) in [7, 11) is -3.75. The molecular formula is C13H21FN2O2S. The average molecular weight is 288 g/mol. The molecule has 2 unspecified atom stereocenters. The minimum Gasteiger partial charge on any atom is -0.398 e. The highest BCUT2D eigenvalue weighted by atomic mass is 32.2. The first kappa shape index (κ1) is 15.9. The van der Waals surface area contributed by atoms with Crippen LogP contribution in [0.1, 0.15) is 32.8 Å². The third kappa shape index (κ3) is 3.67. The van der Waals surface area contributed by atoms with E-state index in [4.69, 9.17) is 5.73 Å². The van der Waals surface area contributed by atoms with E-state index in [1.165, 1.54) is 13.0 Å². The minimum absolute atomic E-state index is 0.136. The van der Waals surface area contributed by atoms with E-state index in [2.05, 4.69) is 4.72 Å². The maximum atomic E-state index is 13.6. The summed E-state index contributed by atoms with van der Waals surface area (Å²) in [4.78, 5) is -0.136. The molecule has 0 amide bonds. The first-order valence-corrected chi connectivity index (χ1v) is 7.75. The molecule has 2 atom stereocenters. The normalized spacial score (nSPS) is 15.2. The molecule has 0 aliphatic rings. The summed E-state index contributed by atoms with van der Waals surface area (Å²) in [6, 6.07) is 2.06. The Balaban J connectivity index is 3.08. The van der Waals surface area contributed by atoms with Gasteiger partial charge in [0.2, 0.25) is 10.0 Å². The number of halogens is 1. The lowest BCUT2D eigenvalue weighted by molar-refractivity contribution is 0.434. The highest BCUT2D eigenvalue weighted by Crippen LogP contribution is 2.21. The van der Waals surface area contributed by atoms with E-state index in [1.807, 2.05) is 13.8 Å². The van der Waals surface area contributed by atoms with E-state index in [0.29, 0.717) is 0 Å².